The molecule has 1 unspecified atom stereocenters. The second kappa shape index (κ2) is 6.82. The lowest BCUT2D eigenvalue weighted by molar-refractivity contribution is 0.541. The van der Waals surface area contributed by atoms with Crippen LogP contribution in [0.1, 0.15) is 17.0 Å². The van der Waals surface area contributed by atoms with Crippen molar-refractivity contribution >= 4 is 11.6 Å². The number of hydrogen-bond acceptors (Lipinski definition) is 1. The molecule has 20 heavy (non-hydrogen) atoms. The molecule has 0 aliphatic rings. The first-order valence-corrected chi connectivity index (χ1v) is 6.82. The highest BCUT2D eigenvalue weighted by molar-refractivity contribution is 6.30. The van der Waals surface area contributed by atoms with Crippen LogP contribution in [0, 0.1) is 11.6 Å². The van der Waals surface area contributed by atoms with Crippen molar-refractivity contribution in [2.45, 2.75) is 12.3 Å². The number of likely N-dealkylation sites (N-methyl/N-ethyl adjacent to an activating group) is 1. The second-order valence-electron chi connectivity index (χ2n) is 4.72. The third-order valence-corrected chi connectivity index (χ3v) is 3.50. The van der Waals surface area contributed by atoms with Gasteiger partial charge in [-0.2, -0.15) is 0 Å². The Morgan fingerprint density at radius 1 is 1.10 bits per heavy atom. The average molecular weight is 296 g/mol. The zero-order valence-electron chi connectivity index (χ0n) is 11.2. The van der Waals surface area contributed by atoms with Crippen molar-refractivity contribution in [3.05, 3.63) is 70.2 Å². The number of halogens is 3. The van der Waals surface area contributed by atoms with Gasteiger partial charge in [-0.05, 0) is 48.9 Å². The minimum atomic E-state index is -0.313. The lowest BCUT2D eigenvalue weighted by atomic mass is 9.91. The first-order chi connectivity index (χ1) is 9.61. The van der Waals surface area contributed by atoms with Crippen LogP contribution in [-0.4, -0.2) is 13.6 Å². The molecule has 0 bridgehead atoms. The van der Waals surface area contributed by atoms with E-state index in [1.54, 1.807) is 31.3 Å². The Morgan fingerprint density at radius 2 is 1.85 bits per heavy atom. The van der Waals surface area contributed by atoms with Crippen molar-refractivity contribution in [3.63, 3.8) is 0 Å². The molecular weight excluding hydrogens is 280 g/mol. The SMILES string of the molecule is CNCC(Cc1cc(Cl)ccc1F)c1ccccc1F. The minimum absolute atomic E-state index is 0.144. The summed E-state index contributed by atoms with van der Waals surface area (Å²) in [6, 6.07) is 11.0. The summed E-state index contributed by atoms with van der Waals surface area (Å²) in [4.78, 5) is 0. The summed E-state index contributed by atoms with van der Waals surface area (Å²) in [5, 5.41) is 3.51. The third kappa shape index (κ3) is 3.56. The molecule has 2 rings (SSSR count). The second-order valence-corrected chi connectivity index (χ2v) is 5.15. The zero-order valence-corrected chi connectivity index (χ0v) is 11.9. The van der Waals surface area contributed by atoms with Gasteiger partial charge in [-0.15, -0.1) is 0 Å². The highest BCUT2D eigenvalue weighted by Crippen LogP contribution is 2.25. The highest BCUT2D eigenvalue weighted by atomic mass is 35.5. The van der Waals surface area contributed by atoms with Gasteiger partial charge in [-0.3, -0.25) is 0 Å². The molecule has 1 atom stereocenters. The van der Waals surface area contributed by atoms with Crippen molar-refractivity contribution in [3.8, 4) is 0 Å². The van der Waals surface area contributed by atoms with Crippen molar-refractivity contribution in [1.82, 2.24) is 5.32 Å². The Balaban J connectivity index is 2.30. The fraction of sp³-hybridized carbons (Fsp3) is 0.250. The molecule has 2 aromatic carbocycles. The molecule has 1 nitrogen and oxygen atoms in total. The van der Waals surface area contributed by atoms with E-state index in [0.717, 1.165) is 0 Å². The van der Waals surface area contributed by atoms with Crippen LogP contribution in [0.15, 0.2) is 42.5 Å². The lowest BCUT2D eigenvalue weighted by Crippen LogP contribution is -2.20. The average Bonchev–Trinajstić information content (AvgIpc) is 2.43. The van der Waals surface area contributed by atoms with Gasteiger partial charge < -0.3 is 5.32 Å². The van der Waals surface area contributed by atoms with E-state index in [4.69, 9.17) is 11.6 Å². The van der Waals surface area contributed by atoms with Crippen molar-refractivity contribution < 1.29 is 8.78 Å². The Morgan fingerprint density at radius 3 is 2.55 bits per heavy atom. The fourth-order valence-electron chi connectivity index (χ4n) is 2.31. The van der Waals surface area contributed by atoms with Crippen LogP contribution < -0.4 is 5.32 Å². The van der Waals surface area contributed by atoms with Gasteiger partial charge in [0.1, 0.15) is 11.6 Å². The third-order valence-electron chi connectivity index (χ3n) is 3.27. The number of nitrogens with one attached hydrogen (secondary N) is 1. The Bertz CT molecular complexity index is 586. The van der Waals surface area contributed by atoms with Crippen LogP contribution >= 0.6 is 11.6 Å². The molecular formula is C16H16ClF2N. The van der Waals surface area contributed by atoms with Crippen molar-refractivity contribution in [2.75, 3.05) is 13.6 Å². The van der Waals surface area contributed by atoms with Gasteiger partial charge >= 0.3 is 0 Å². The zero-order chi connectivity index (χ0) is 14.5. The summed E-state index contributed by atoms with van der Waals surface area (Å²) in [5.74, 6) is -0.726. The molecule has 2 aromatic rings. The van der Waals surface area contributed by atoms with E-state index in [1.165, 1.54) is 18.2 Å². The Labute approximate surface area is 122 Å². The first kappa shape index (κ1) is 14.9. The smallest absolute Gasteiger partial charge is 0.126 e. The van der Waals surface area contributed by atoms with Gasteiger partial charge in [0.2, 0.25) is 0 Å². The summed E-state index contributed by atoms with van der Waals surface area (Å²) in [6.07, 6.45) is 0.397. The van der Waals surface area contributed by atoms with Gasteiger partial charge in [0.05, 0.1) is 0 Å². The molecule has 0 fully saturated rings. The van der Waals surface area contributed by atoms with Crippen LogP contribution in [0.2, 0.25) is 5.02 Å². The maximum absolute atomic E-state index is 13.9. The van der Waals surface area contributed by atoms with Gasteiger partial charge in [0.25, 0.3) is 0 Å². The summed E-state index contributed by atoms with van der Waals surface area (Å²) in [5.41, 5.74) is 1.09. The van der Waals surface area contributed by atoms with Crippen LogP contribution in [0.4, 0.5) is 8.78 Å². The lowest BCUT2D eigenvalue weighted by Gasteiger charge is -2.18. The molecule has 0 aliphatic carbocycles. The van der Waals surface area contributed by atoms with E-state index >= 15 is 0 Å². The minimum Gasteiger partial charge on any atom is -0.319 e. The van der Waals surface area contributed by atoms with E-state index in [1.807, 2.05) is 0 Å². The molecule has 0 aromatic heterocycles. The fourth-order valence-corrected chi connectivity index (χ4v) is 2.50. The molecule has 106 valence electrons. The highest BCUT2D eigenvalue weighted by Gasteiger charge is 2.17. The van der Waals surface area contributed by atoms with Gasteiger partial charge in [-0.25, -0.2) is 8.78 Å². The molecule has 0 heterocycles. The number of hydrogen-bond donors (Lipinski definition) is 1. The van der Waals surface area contributed by atoms with Gasteiger partial charge in [0.15, 0.2) is 0 Å². The molecule has 1 N–H and O–H groups in total. The molecule has 0 saturated carbocycles. The van der Waals surface area contributed by atoms with Crippen LogP contribution in [0.3, 0.4) is 0 Å². The van der Waals surface area contributed by atoms with E-state index in [9.17, 15) is 8.78 Å². The summed E-state index contributed by atoms with van der Waals surface area (Å²) < 4.78 is 27.7. The van der Waals surface area contributed by atoms with E-state index < -0.39 is 0 Å². The maximum atomic E-state index is 13.9. The molecule has 0 amide bonds. The predicted molar refractivity (Wildman–Crippen MR) is 78.2 cm³/mol. The number of benzene rings is 2. The largest absolute Gasteiger partial charge is 0.319 e. The van der Waals surface area contributed by atoms with Crippen molar-refractivity contribution in [1.29, 1.82) is 0 Å². The Kier molecular flexibility index (Phi) is 5.10. The monoisotopic (exact) mass is 295 g/mol. The standard InChI is InChI=1S/C16H16ClF2N/c1-20-10-12(14-4-2-3-5-16(14)19)8-11-9-13(17)6-7-15(11)18/h2-7,9,12,20H,8,10H2,1H3. The first-order valence-electron chi connectivity index (χ1n) is 6.44. The quantitative estimate of drug-likeness (QED) is 0.873. The molecule has 4 heteroatoms. The Hall–Kier alpha value is -1.45. The van der Waals surface area contributed by atoms with Gasteiger partial charge in [-0.1, -0.05) is 29.8 Å². The summed E-state index contributed by atoms with van der Waals surface area (Å²) >= 11 is 5.90. The maximum Gasteiger partial charge on any atom is 0.126 e. The normalized spacial score (nSPS) is 12.4. The van der Waals surface area contributed by atoms with Crippen molar-refractivity contribution in [2.24, 2.45) is 0 Å². The number of rotatable bonds is 5. The van der Waals surface area contributed by atoms with E-state index in [0.29, 0.717) is 29.1 Å². The van der Waals surface area contributed by atoms with Crippen LogP contribution in [0.5, 0.6) is 0 Å². The van der Waals surface area contributed by atoms with Crippen LogP contribution in [-0.2, 0) is 6.42 Å². The topological polar surface area (TPSA) is 12.0 Å². The molecule has 0 saturated heterocycles. The van der Waals surface area contributed by atoms with E-state index in [2.05, 4.69) is 5.32 Å². The molecule has 0 radical (unpaired) electrons. The predicted octanol–water partition coefficient (Wildman–Crippen LogP) is 4.16. The molecule has 0 spiro atoms. The molecule has 0 aliphatic heterocycles. The van der Waals surface area contributed by atoms with Gasteiger partial charge in [0, 0.05) is 17.5 Å². The van der Waals surface area contributed by atoms with Crippen LogP contribution in [0.25, 0.3) is 0 Å². The van der Waals surface area contributed by atoms with E-state index in [-0.39, 0.29) is 17.6 Å². The summed E-state index contributed by atoms with van der Waals surface area (Å²) in [6.45, 7) is 0.562. The summed E-state index contributed by atoms with van der Waals surface area (Å²) in [7, 11) is 1.79.